The first-order chi connectivity index (χ1) is 6.88. The largest absolute Gasteiger partial charge is 0.288 e. The molecule has 8 heteroatoms. The molecular formula is C7H7BrN2O4S. The first-order valence-corrected chi connectivity index (χ1v) is 6.35. The van der Waals surface area contributed by atoms with Gasteiger partial charge >= 0.3 is 0 Å². The molecule has 0 aromatic carbocycles. The standard InChI is InChI=1S/C7H7BrN2O4S/c1-2-15(13,14)6-3-5(10(11)12)4-9-7(6)8/h3-4H,2H2,1H3. The summed E-state index contributed by atoms with van der Waals surface area (Å²) in [6, 6.07) is 0.996. The highest BCUT2D eigenvalue weighted by Gasteiger charge is 2.20. The Hall–Kier alpha value is -1.02. The van der Waals surface area contributed by atoms with Crippen LogP contribution in [0.2, 0.25) is 0 Å². The molecule has 0 aliphatic heterocycles. The lowest BCUT2D eigenvalue weighted by Gasteiger charge is -2.02. The van der Waals surface area contributed by atoms with Crippen LogP contribution in [0, 0.1) is 10.1 Å². The molecule has 0 atom stereocenters. The predicted octanol–water partition coefficient (Wildman–Crippen LogP) is 1.55. The number of pyridine rings is 1. The number of hydrogen-bond acceptors (Lipinski definition) is 5. The van der Waals surface area contributed by atoms with Crippen LogP contribution in [0.1, 0.15) is 6.92 Å². The van der Waals surface area contributed by atoms with Gasteiger partial charge in [-0.25, -0.2) is 13.4 Å². The molecule has 0 saturated heterocycles. The van der Waals surface area contributed by atoms with Crippen LogP contribution < -0.4 is 0 Å². The summed E-state index contributed by atoms with van der Waals surface area (Å²) in [4.78, 5) is 13.2. The third-order valence-corrected chi connectivity index (χ3v) is 4.35. The van der Waals surface area contributed by atoms with Crippen LogP contribution in [0.15, 0.2) is 21.8 Å². The minimum atomic E-state index is -3.50. The van der Waals surface area contributed by atoms with Crippen LogP contribution in [0.3, 0.4) is 0 Å². The van der Waals surface area contributed by atoms with Crippen molar-refractivity contribution in [1.29, 1.82) is 0 Å². The molecule has 1 heterocycles. The van der Waals surface area contributed by atoms with Crippen molar-refractivity contribution in [2.24, 2.45) is 0 Å². The van der Waals surface area contributed by atoms with Gasteiger partial charge in [0.05, 0.1) is 10.7 Å². The van der Waals surface area contributed by atoms with Crippen molar-refractivity contribution in [2.45, 2.75) is 11.8 Å². The smallest absolute Gasteiger partial charge is 0.258 e. The van der Waals surface area contributed by atoms with E-state index in [0.29, 0.717) is 0 Å². The van der Waals surface area contributed by atoms with Crippen LogP contribution in [0.25, 0.3) is 0 Å². The highest BCUT2D eigenvalue weighted by atomic mass is 79.9. The number of nitro groups is 1. The quantitative estimate of drug-likeness (QED) is 0.479. The second-order valence-corrected chi connectivity index (χ2v) is 5.64. The van der Waals surface area contributed by atoms with Gasteiger partial charge in [-0.1, -0.05) is 6.92 Å². The van der Waals surface area contributed by atoms with E-state index in [1.165, 1.54) is 6.92 Å². The number of halogens is 1. The molecule has 15 heavy (non-hydrogen) atoms. The van der Waals surface area contributed by atoms with Crippen molar-refractivity contribution in [1.82, 2.24) is 4.98 Å². The molecule has 0 bridgehead atoms. The fraction of sp³-hybridized carbons (Fsp3) is 0.286. The maximum Gasteiger partial charge on any atom is 0.288 e. The molecule has 82 valence electrons. The minimum absolute atomic E-state index is 0.0925. The molecule has 1 aromatic rings. The first kappa shape index (κ1) is 12.1. The van der Waals surface area contributed by atoms with Crippen molar-refractivity contribution < 1.29 is 13.3 Å². The first-order valence-electron chi connectivity index (χ1n) is 3.91. The maximum atomic E-state index is 11.5. The highest BCUT2D eigenvalue weighted by molar-refractivity contribution is 9.10. The SMILES string of the molecule is CCS(=O)(=O)c1cc([N+](=O)[O-])cnc1Br. The van der Waals surface area contributed by atoms with Gasteiger partial charge in [0, 0.05) is 6.07 Å². The molecule has 0 unspecified atom stereocenters. The van der Waals surface area contributed by atoms with E-state index in [2.05, 4.69) is 20.9 Å². The number of nitrogens with zero attached hydrogens (tertiary/aromatic N) is 2. The van der Waals surface area contributed by atoms with Gasteiger partial charge in [-0.15, -0.1) is 0 Å². The normalized spacial score (nSPS) is 11.3. The molecule has 0 fully saturated rings. The van der Waals surface area contributed by atoms with Crippen molar-refractivity contribution in [3.8, 4) is 0 Å². The van der Waals surface area contributed by atoms with Crippen molar-refractivity contribution in [3.05, 3.63) is 27.0 Å². The van der Waals surface area contributed by atoms with Crippen LogP contribution >= 0.6 is 15.9 Å². The van der Waals surface area contributed by atoms with Gasteiger partial charge in [0.15, 0.2) is 9.84 Å². The molecule has 1 aromatic heterocycles. The zero-order chi connectivity index (χ0) is 11.6. The summed E-state index contributed by atoms with van der Waals surface area (Å²) >= 11 is 2.94. The molecule has 0 aliphatic carbocycles. The third kappa shape index (κ3) is 2.51. The summed E-state index contributed by atoms with van der Waals surface area (Å²) in [5.74, 6) is -0.131. The van der Waals surface area contributed by atoms with Gasteiger partial charge in [0.25, 0.3) is 5.69 Å². The summed E-state index contributed by atoms with van der Waals surface area (Å²) in [7, 11) is -3.50. The highest BCUT2D eigenvalue weighted by Crippen LogP contribution is 2.24. The average molecular weight is 295 g/mol. The lowest BCUT2D eigenvalue weighted by atomic mass is 10.4. The number of sulfone groups is 1. The Kier molecular flexibility index (Phi) is 3.40. The lowest BCUT2D eigenvalue weighted by molar-refractivity contribution is -0.385. The second kappa shape index (κ2) is 4.23. The number of rotatable bonds is 3. The Labute approximate surface area is 94.5 Å². The fourth-order valence-corrected chi connectivity index (χ4v) is 2.77. The number of aromatic nitrogens is 1. The second-order valence-electron chi connectivity index (χ2n) is 2.64. The van der Waals surface area contributed by atoms with Crippen LogP contribution in [-0.2, 0) is 9.84 Å². The zero-order valence-electron chi connectivity index (χ0n) is 7.68. The van der Waals surface area contributed by atoms with Crippen molar-refractivity contribution in [2.75, 3.05) is 5.75 Å². The molecule has 0 aliphatic rings. The van der Waals surface area contributed by atoms with Gasteiger partial charge in [-0.05, 0) is 15.9 Å². The van der Waals surface area contributed by atoms with Crippen LogP contribution in [0.5, 0.6) is 0 Å². The topological polar surface area (TPSA) is 90.2 Å². The Morgan fingerprint density at radius 3 is 2.67 bits per heavy atom. The van der Waals surface area contributed by atoms with E-state index in [1.807, 2.05) is 0 Å². The minimum Gasteiger partial charge on any atom is -0.258 e. The molecule has 0 radical (unpaired) electrons. The van der Waals surface area contributed by atoms with Crippen LogP contribution in [0.4, 0.5) is 5.69 Å². The van der Waals surface area contributed by atoms with E-state index in [1.54, 1.807) is 0 Å². The van der Waals surface area contributed by atoms with Gasteiger partial charge < -0.3 is 0 Å². The van der Waals surface area contributed by atoms with Crippen molar-refractivity contribution >= 4 is 31.5 Å². The third-order valence-electron chi connectivity index (χ3n) is 1.72. The predicted molar refractivity (Wildman–Crippen MR) is 56.3 cm³/mol. The molecule has 0 N–H and O–H groups in total. The van der Waals surface area contributed by atoms with Gasteiger partial charge in [0.1, 0.15) is 15.7 Å². The summed E-state index contributed by atoms with van der Waals surface area (Å²) in [5, 5.41) is 10.4. The van der Waals surface area contributed by atoms with Gasteiger partial charge in [-0.2, -0.15) is 0 Å². The van der Waals surface area contributed by atoms with Gasteiger partial charge in [0.2, 0.25) is 0 Å². The Balaban J connectivity index is 3.42. The molecule has 1 rings (SSSR count). The Bertz CT molecular complexity index is 500. The van der Waals surface area contributed by atoms with E-state index in [9.17, 15) is 18.5 Å². The monoisotopic (exact) mass is 294 g/mol. The lowest BCUT2D eigenvalue weighted by Crippen LogP contribution is -2.06. The fourth-order valence-electron chi connectivity index (χ4n) is 0.891. The van der Waals surface area contributed by atoms with Crippen LogP contribution in [-0.4, -0.2) is 24.1 Å². The van der Waals surface area contributed by atoms with E-state index < -0.39 is 14.8 Å². The Morgan fingerprint density at radius 2 is 2.20 bits per heavy atom. The summed E-state index contributed by atoms with van der Waals surface area (Å²) in [6.45, 7) is 1.46. The molecule has 6 nitrogen and oxygen atoms in total. The molecule has 0 spiro atoms. The van der Waals surface area contributed by atoms with E-state index in [-0.39, 0.29) is 20.9 Å². The Morgan fingerprint density at radius 1 is 1.60 bits per heavy atom. The molecule has 0 saturated carbocycles. The van der Waals surface area contributed by atoms with Crippen molar-refractivity contribution in [3.63, 3.8) is 0 Å². The van der Waals surface area contributed by atoms with E-state index >= 15 is 0 Å². The van der Waals surface area contributed by atoms with E-state index in [4.69, 9.17) is 0 Å². The zero-order valence-corrected chi connectivity index (χ0v) is 10.1. The number of hydrogen-bond donors (Lipinski definition) is 0. The van der Waals surface area contributed by atoms with E-state index in [0.717, 1.165) is 12.3 Å². The van der Waals surface area contributed by atoms with Gasteiger partial charge in [-0.3, -0.25) is 10.1 Å². The molecular weight excluding hydrogens is 288 g/mol. The molecule has 0 amide bonds. The summed E-state index contributed by atoms with van der Waals surface area (Å²) in [6.07, 6.45) is 0.999. The summed E-state index contributed by atoms with van der Waals surface area (Å²) in [5.41, 5.74) is -0.342. The maximum absolute atomic E-state index is 11.5. The summed E-state index contributed by atoms with van der Waals surface area (Å²) < 4.78 is 23.1. The average Bonchev–Trinajstić information content (AvgIpc) is 2.17.